The van der Waals surface area contributed by atoms with E-state index in [0.29, 0.717) is 23.6 Å². The molecule has 58 heavy (non-hydrogen) atoms. The fourth-order valence-corrected chi connectivity index (χ4v) is 9.91. The van der Waals surface area contributed by atoms with Crippen LogP contribution < -0.4 is 15.0 Å². The van der Waals surface area contributed by atoms with Gasteiger partial charge in [0.05, 0.1) is 31.7 Å². The quantitative estimate of drug-likeness (QED) is 0.103. The minimum atomic E-state index is -1.85. The van der Waals surface area contributed by atoms with Crippen LogP contribution in [0, 0.1) is 5.92 Å². The van der Waals surface area contributed by atoms with Gasteiger partial charge < -0.3 is 43.7 Å². The van der Waals surface area contributed by atoms with Gasteiger partial charge in [-0.3, -0.25) is 19.7 Å². The van der Waals surface area contributed by atoms with Crippen LogP contribution in [0.15, 0.2) is 35.9 Å². The fraction of sp³-hybridized carbons (Fsp3) is 0.625. The second kappa shape index (κ2) is 19.3. The van der Waals surface area contributed by atoms with Gasteiger partial charge in [-0.25, -0.2) is 9.59 Å². The Morgan fingerprint density at radius 3 is 2.55 bits per heavy atom. The van der Waals surface area contributed by atoms with Crippen molar-refractivity contribution in [2.24, 2.45) is 5.92 Å². The van der Waals surface area contributed by atoms with E-state index in [9.17, 15) is 29.1 Å². The van der Waals surface area contributed by atoms with E-state index in [1.165, 1.54) is 59.6 Å². The molecule has 8 atom stereocenters. The predicted molar refractivity (Wildman–Crippen MR) is 222 cm³/mol. The van der Waals surface area contributed by atoms with Crippen molar-refractivity contribution in [3.8, 4) is 5.75 Å². The molecule has 0 spiro atoms. The summed E-state index contributed by atoms with van der Waals surface area (Å²) in [5.74, 6) is -2.30. The Kier molecular flexibility index (Phi) is 15.7. The highest BCUT2D eigenvalue weighted by Crippen LogP contribution is 2.49. The van der Waals surface area contributed by atoms with E-state index in [4.69, 9.17) is 40.4 Å². The van der Waals surface area contributed by atoms with Gasteiger partial charge in [-0.05, 0) is 58.7 Å². The van der Waals surface area contributed by atoms with Crippen LogP contribution in [0.2, 0.25) is 5.02 Å². The summed E-state index contributed by atoms with van der Waals surface area (Å²) in [6, 6.07) is 2.50. The van der Waals surface area contributed by atoms with Crippen molar-refractivity contribution in [2.45, 2.75) is 120 Å². The number of allylic oxidation sites excluding steroid dienone is 3. The lowest BCUT2D eigenvalue weighted by Gasteiger charge is -2.42. The van der Waals surface area contributed by atoms with Crippen LogP contribution in [0.25, 0.3) is 0 Å². The molecule has 0 unspecified atom stereocenters. The Hall–Kier alpha value is -3.48. The number of halogens is 1. The molecule has 0 aromatic heterocycles. The number of methoxy groups -OCH3 is 2. The van der Waals surface area contributed by atoms with Crippen LogP contribution in [0.3, 0.4) is 0 Å². The molecule has 3 N–H and O–H groups in total. The van der Waals surface area contributed by atoms with Crippen molar-refractivity contribution < 1.29 is 57.9 Å². The number of carbonyl (C=O) groups excluding carboxylic acids is 4. The Morgan fingerprint density at radius 1 is 1.22 bits per heavy atom. The number of esters is 1. The van der Waals surface area contributed by atoms with E-state index in [0.717, 1.165) is 11.1 Å². The van der Waals surface area contributed by atoms with Gasteiger partial charge in [0.15, 0.2) is 5.72 Å². The molecule has 4 rings (SSSR count). The third-order valence-corrected chi connectivity index (χ3v) is 14.5. The number of rotatable bonds is 12. The second-order valence-electron chi connectivity index (χ2n) is 15.9. The summed E-state index contributed by atoms with van der Waals surface area (Å²) in [6.07, 6.45) is 0.723. The smallest absolute Gasteiger partial charge is 0.409 e. The molecule has 1 aromatic carbocycles. The number of aliphatic carboxylic acids is 1. The maximum absolute atomic E-state index is 14.2. The zero-order valence-corrected chi connectivity index (χ0v) is 37.0. The van der Waals surface area contributed by atoms with Gasteiger partial charge in [0.2, 0.25) is 11.8 Å². The molecule has 2 saturated heterocycles. The number of aliphatic hydroxyl groups is 1. The summed E-state index contributed by atoms with van der Waals surface area (Å²) in [6.45, 7) is 10.5. The zero-order chi connectivity index (χ0) is 43.3. The van der Waals surface area contributed by atoms with E-state index in [1.807, 2.05) is 26.8 Å². The van der Waals surface area contributed by atoms with Crippen molar-refractivity contribution >= 4 is 68.7 Å². The number of carboxylic acid groups (broad SMARTS) is 1. The Labute approximate surface area is 352 Å². The van der Waals surface area contributed by atoms with Gasteiger partial charge in [-0.15, -0.1) is 0 Å². The highest BCUT2D eigenvalue weighted by molar-refractivity contribution is 8.77. The van der Waals surface area contributed by atoms with E-state index in [2.05, 4.69) is 5.32 Å². The van der Waals surface area contributed by atoms with Gasteiger partial charge in [0, 0.05) is 50.5 Å². The maximum Gasteiger partial charge on any atom is 0.409 e. The second-order valence-corrected chi connectivity index (χ2v) is 19.4. The number of carbonyl (C=O) groups is 5. The highest BCUT2D eigenvalue weighted by atomic mass is 35.5. The molecule has 4 bridgehead atoms. The largest absolute Gasteiger partial charge is 0.495 e. The van der Waals surface area contributed by atoms with E-state index < -0.39 is 76.4 Å². The number of likely N-dealkylation sites (N-methyl/N-ethyl adjacent to an activating group) is 1. The lowest BCUT2D eigenvalue weighted by atomic mass is 9.83. The number of fused-ring (bicyclic) bond motifs is 5. The first-order chi connectivity index (χ1) is 27.0. The average molecular weight is 870 g/mol. The summed E-state index contributed by atoms with van der Waals surface area (Å²) >= 11 is 6.77. The predicted octanol–water partition coefficient (Wildman–Crippen LogP) is 5.54. The van der Waals surface area contributed by atoms with Gasteiger partial charge in [0.1, 0.15) is 40.7 Å². The molecule has 322 valence electrons. The van der Waals surface area contributed by atoms with Crippen LogP contribution in [-0.4, -0.2) is 126 Å². The lowest BCUT2D eigenvalue weighted by Crippen LogP contribution is -2.63. The number of alkyl carbamates (subject to hydrolysis) is 1. The first-order valence-corrected chi connectivity index (χ1v) is 21.6. The highest BCUT2D eigenvalue weighted by Gasteiger charge is 2.64. The maximum atomic E-state index is 14.2. The number of anilines is 1. The molecule has 3 aliphatic heterocycles. The fourth-order valence-electron chi connectivity index (χ4n) is 7.12. The molecule has 3 aliphatic rings. The minimum Gasteiger partial charge on any atom is -0.495 e. The molecule has 1 aromatic rings. The molecule has 18 heteroatoms. The molecule has 2 fully saturated rings. The third kappa shape index (κ3) is 11.4. The van der Waals surface area contributed by atoms with Gasteiger partial charge in [-0.2, -0.15) is 0 Å². The first kappa shape index (κ1) is 47.2. The van der Waals surface area contributed by atoms with Crippen LogP contribution in [0.4, 0.5) is 10.5 Å². The number of epoxide rings is 1. The van der Waals surface area contributed by atoms with Gasteiger partial charge in [-0.1, -0.05) is 63.9 Å². The monoisotopic (exact) mass is 869 g/mol. The first-order valence-electron chi connectivity index (χ1n) is 18.9. The summed E-state index contributed by atoms with van der Waals surface area (Å²) in [7, 11) is 8.70. The van der Waals surface area contributed by atoms with Crippen LogP contribution in [-0.2, 0) is 44.5 Å². The van der Waals surface area contributed by atoms with E-state index in [1.54, 1.807) is 45.2 Å². The normalized spacial score (nSPS) is 29.8. The number of nitrogens with zero attached hydrogens (tertiary/aromatic N) is 2. The van der Waals surface area contributed by atoms with Crippen LogP contribution in [0.5, 0.6) is 5.75 Å². The minimum absolute atomic E-state index is 0.0366. The number of carboxylic acids is 1. The third-order valence-electron chi connectivity index (χ3n) is 10.8. The molecule has 0 saturated carbocycles. The van der Waals surface area contributed by atoms with E-state index >= 15 is 0 Å². The summed E-state index contributed by atoms with van der Waals surface area (Å²) in [4.78, 5) is 68.0. The zero-order valence-electron chi connectivity index (χ0n) is 34.7. The number of hydrogen-bond donors (Lipinski definition) is 3. The van der Waals surface area contributed by atoms with Gasteiger partial charge in [0.25, 0.3) is 0 Å². The number of amides is 3. The topological polar surface area (TPSA) is 194 Å². The molecule has 0 radical (unpaired) electrons. The Bertz CT molecular complexity index is 1790. The van der Waals surface area contributed by atoms with Crippen LogP contribution >= 0.6 is 33.2 Å². The molecule has 3 amide bonds. The summed E-state index contributed by atoms with van der Waals surface area (Å²) in [5, 5.41) is 23.6. The lowest BCUT2D eigenvalue weighted by molar-refractivity contribution is -0.162. The number of benzene rings is 1. The van der Waals surface area contributed by atoms with Gasteiger partial charge >= 0.3 is 18.0 Å². The van der Waals surface area contributed by atoms with Crippen molar-refractivity contribution in [2.75, 3.05) is 39.0 Å². The molecule has 15 nitrogen and oxygen atoms in total. The number of ether oxygens (including phenoxy) is 5. The molecular formula is C40H56ClN3O12S2. The van der Waals surface area contributed by atoms with Crippen molar-refractivity contribution in [3.63, 3.8) is 0 Å². The summed E-state index contributed by atoms with van der Waals surface area (Å²) in [5.41, 5.74) is -1.04. The van der Waals surface area contributed by atoms with E-state index in [-0.39, 0.29) is 36.6 Å². The van der Waals surface area contributed by atoms with Crippen LogP contribution in [0.1, 0.15) is 72.8 Å². The number of hydrogen-bond acceptors (Lipinski definition) is 13. The standard InChI is InChI=1S/C40H56ClN3O12S2/c1-22-12-11-13-29(53-10)40(51)20-28(54-37(50)42-40)23(2)35-39(6,56-35)30(19-32(46)44(8)26-17-25(16-22)18-27(52-9)34(26)41)55-36(49)24(3)43(7)31(45)14-15-57-58-38(4,5)21-33(47)48/h11-13,17-18,23-24,28-30,35,51H,14-16,19-21H2,1-10H3,(H,42,50)(H,47,48)/b13-11+,22-12+/t23-,24+,28+,29-,30+,35+,39+,40+/m1/s1. The van der Waals surface area contributed by atoms with Crippen molar-refractivity contribution in [1.29, 1.82) is 0 Å². The Morgan fingerprint density at radius 2 is 1.91 bits per heavy atom. The molecule has 0 aliphatic carbocycles. The number of nitrogens with one attached hydrogen (secondary N) is 1. The average Bonchev–Trinajstić information content (AvgIpc) is 3.84. The summed E-state index contributed by atoms with van der Waals surface area (Å²) < 4.78 is 28.7. The SMILES string of the molecule is COc1cc2cc(c1Cl)N(C)C(=O)C[C@H](OC(=O)[C@H](C)N(C)C(=O)CCSSC(C)(C)CC(=O)O)[C@]1(C)O[C@H]1[C@H](C)[C@@H]1C[C@@](O)(NC(=O)O1)[C@H](OC)/C=C/C=C(\C)C2. The molecular weight excluding hydrogens is 814 g/mol. The Balaban J connectivity index is 1.64. The van der Waals surface area contributed by atoms with Crippen molar-refractivity contribution in [3.05, 3.63) is 46.5 Å². The molecule has 3 heterocycles. The van der Waals surface area contributed by atoms with Crippen molar-refractivity contribution in [1.82, 2.24) is 10.2 Å².